The molecule has 166 valence electrons. The molecule has 1 N–H and O–H groups in total. The van der Waals surface area contributed by atoms with Gasteiger partial charge in [-0.1, -0.05) is 24.3 Å². The summed E-state index contributed by atoms with van der Waals surface area (Å²) in [7, 11) is 0. The number of benzene rings is 2. The van der Waals surface area contributed by atoms with Gasteiger partial charge in [0.05, 0.1) is 21.7 Å². The Balaban J connectivity index is 1.55. The van der Waals surface area contributed by atoms with Crippen molar-refractivity contribution in [2.24, 2.45) is 0 Å². The van der Waals surface area contributed by atoms with Crippen LogP contribution in [0.15, 0.2) is 47.3 Å². The molecule has 0 saturated heterocycles. The van der Waals surface area contributed by atoms with Gasteiger partial charge in [0.2, 0.25) is 0 Å². The number of aryl methyl sites for hydroxylation is 1. The van der Waals surface area contributed by atoms with Gasteiger partial charge in [-0.2, -0.15) is 13.2 Å². The van der Waals surface area contributed by atoms with Gasteiger partial charge in [-0.25, -0.2) is 4.98 Å². The van der Waals surface area contributed by atoms with E-state index in [4.69, 9.17) is 0 Å². The number of fused-ring (bicyclic) bond motifs is 1. The number of nitrogens with zero attached hydrogens (tertiary/aromatic N) is 3. The summed E-state index contributed by atoms with van der Waals surface area (Å²) in [6, 6.07) is 9.56. The fourth-order valence-corrected chi connectivity index (χ4v) is 3.78. The van der Waals surface area contributed by atoms with Crippen LogP contribution in [0, 0.1) is 17.0 Å². The van der Waals surface area contributed by atoms with E-state index in [-0.39, 0.29) is 17.1 Å². The van der Waals surface area contributed by atoms with Crippen LogP contribution in [0.3, 0.4) is 0 Å². The lowest BCUT2D eigenvalue weighted by Crippen LogP contribution is -2.35. The average molecular weight is 444 g/mol. The lowest BCUT2D eigenvalue weighted by Gasteiger charge is -2.27. The molecule has 7 nitrogen and oxygen atoms in total. The summed E-state index contributed by atoms with van der Waals surface area (Å²) in [6.45, 7) is 3.05. The molecule has 1 aliphatic heterocycles. The molecule has 0 amide bonds. The Morgan fingerprint density at radius 3 is 2.56 bits per heavy atom. The zero-order chi connectivity index (χ0) is 23.0. The van der Waals surface area contributed by atoms with E-state index in [1.165, 1.54) is 12.1 Å². The molecule has 0 saturated carbocycles. The van der Waals surface area contributed by atoms with Gasteiger partial charge in [-0.3, -0.25) is 19.8 Å². The maximum atomic E-state index is 12.8. The zero-order valence-electron chi connectivity index (χ0n) is 17.1. The van der Waals surface area contributed by atoms with Crippen LogP contribution >= 0.6 is 0 Å². The van der Waals surface area contributed by atoms with Crippen molar-refractivity contribution < 1.29 is 18.1 Å². The van der Waals surface area contributed by atoms with E-state index in [1.807, 2.05) is 11.0 Å². The zero-order valence-corrected chi connectivity index (χ0v) is 17.1. The van der Waals surface area contributed by atoms with E-state index in [2.05, 4.69) is 9.97 Å². The van der Waals surface area contributed by atoms with Gasteiger partial charge >= 0.3 is 6.18 Å². The van der Waals surface area contributed by atoms with E-state index in [1.54, 1.807) is 19.1 Å². The van der Waals surface area contributed by atoms with Gasteiger partial charge in [-0.05, 0) is 24.6 Å². The van der Waals surface area contributed by atoms with Crippen LogP contribution in [0.25, 0.3) is 11.4 Å². The van der Waals surface area contributed by atoms with Gasteiger partial charge in [0.25, 0.3) is 11.2 Å². The van der Waals surface area contributed by atoms with Crippen molar-refractivity contribution in [1.82, 2.24) is 14.9 Å². The van der Waals surface area contributed by atoms with Gasteiger partial charge in [0.1, 0.15) is 5.82 Å². The van der Waals surface area contributed by atoms with Crippen LogP contribution in [0.2, 0.25) is 0 Å². The summed E-state index contributed by atoms with van der Waals surface area (Å²) in [5, 5.41) is 11.2. The van der Waals surface area contributed by atoms with E-state index in [0.29, 0.717) is 48.4 Å². The third kappa shape index (κ3) is 4.40. The van der Waals surface area contributed by atoms with Gasteiger partial charge in [0, 0.05) is 43.2 Å². The van der Waals surface area contributed by atoms with Crippen LogP contribution in [0.5, 0.6) is 0 Å². The first-order valence-electron chi connectivity index (χ1n) is 9.88. The number of nitrogens with one attached hydrogen (secondary N) is 1. The summed E-state index contributed by atoms with van der Waals surface area (Å²) in [6.07, 6.45) is -3.95. The maximum absolute atomic E-state index is 12.8. The summed E-state index contributed by atoms with van der Waals surface area (Å²) in [4.78, 5) is 32.6. The van der Waals surface area contributed by atoms with E-state index >= 15 is 0 Å². The topological polar surface area (TPSA) is 92.1 Å². The first kappa shape index (κ1) is 21.7. The van der Waals surface area contributed by atoms with Crippen molar-refractivity contribution in [3.63, 3.8) is 0 Å². The van der Waals surface area contributed by atoms with Crippen molar-refractivity contribution >= 4 is 5.69 Å². The Hall–Kier alpha value is -3.53. The third-order valence-electron chi connectivity index (χ3n) is 5.51. The highest BCUT2D eigenvalue weighted by molar-refractivity contribution is 5.56. The number of aromatic nitrogens is 2. The largest absolute Gasteiger partial charge is 0.416 e. The van der Waals surface area contributed by atoms with Gasteiger partial charge < -0.3 is 4.98 Å². The number of hydrogen-bond donors (Lipinski definition) is 1. The Kier molecular flexibility index (Phi) is 5.55. The predicted molar refractivity (Wildman–Crippen MR) is 111 cm³/mol. The number of rotatable bonds is 4. The molecule has 1 aliphatic rings. The van der Waals surface area contributed by atoms with Crippen LogP contribution in [-0.4, -0.2) is 26.3 Å². The molecule has 0 atom stereocenters. The van der Waals surface area contributed by atoms with Crippen molar-refractivity contribution in [2.45, 2.75) is 32.6 Å². The smallest absolute Gasteiger partial charge is 0.306 e. The SMILES string of the molecule is Cc1ccc(CN2CCc3nc(-c4ccc(C(F)(F)F)cc4)[nH]c(=O)c3C2)cc1[N+](=O)[O-]. The average Bonchev–Trinajstić information content (AvgIpc) is 2.74. The second kappa shape index (κ2) is 8.19. The molecule has 0 radical (unpaired) electrons. The third-order valence-corrected chi connectivity index (χ3v) is 5.51. The van der Waals surface area contributed by atoms with Crippen LogP contribution in [0.1, 0.15) is 27.9 Å². The molecule has 2 aromatic carbocycles. The molecule has 10 heteroatoms. The fraction of sp³-hybridized carbons (Fsp3) is 0.273. The first-order chi connectivity index (χ1) is 15.1. The molecule has 0 aliphatic carbocycles. The predicted octanol–water partition coefficient (Wildman–Crippen LogP) is 4.23. The number of hydrogen-bond acceptors (Lipinski definition) is 5. The maximum Gasteiger partial charge on any atom is 0.416 e. The number of H-pyrrole nitrogens is 1. The Morgan fingerprint density at radius 2 is 1.91 bits per heavy atom. The first-order valence-corrected chi connectivity index (χ1v) is 9.88. The molecule has 0 bridgehead atoms. The van der Waals surface area contributed by atoms with E-state index in [9.17, 15) is 28.1 Å². The second-order valence-corrected chi connectivity index (χ2v) is 7.75. The number of alkyl halides is 3. The summed E-state index contributed by atoms with van der Waals surface area (Å²) in [5.74, 6) is 0.227. The number of halogens is 3. The van der Waals surface area contributed by atoms with Crippen molar-refractivity contribution in [3.05, 3.63) is 90.9 Å². The normalized spacial score (nSPS) is 14.2. The highest BCUT2D eigenvalue weighted by Crippen LogP contribution is 2.30. The minimum absolute atomic E-state index is 0.0561. The summed E-state index contributed by atoms with van der Waals surface area (Å²) < 4.78 is 38.3. The Morgan fingerprint density at radius 1 is 1.19 bits per heavy atom. The molecule has 2 heterocycles. The molecule has 0 fully saturated rings. The number of aromatic amines is 1. The lowest BCUT2D eigenvalue weighted by atomic mass is 10.0. The number of nitro groups is 1. The minimum Gasteiger partial charge on any atom is -0.306 e. The fourth-order valence-electron chi connectivity index (χ4n) is 3.78. The van der Waals surface area contributed by atoms with Crippen molar-refractivity contribution in [1.29, 1.82) is 0 Å². The van der Waals surface area contributed by atoms with Crippen molar-refractivity contribution in [3.8, 4) is 11.4 Å². The molecule has 0 spiro atoms. The van der Waals surface area contributed by atoms with E-state index < -0.39 is 16.7 Å². The van der Waals surface area contributed by atoms with Crippen LogP contribution in [0.4, 0.5) is 18.9 Å². The highest BCUT2D eigenvalue weighted by atomic mass is 19.4. The monoisotopic (exact) mass is 444 g/mol. The molecular formula is C22H19F3N4O3. The van der Waals surface area contributed by atoms with Gasteiger partial charge in [-0.15, -0.1) is 0 Å². The Bertz CT molecular complexity index is 1240. The molecule has 3 aromatic rings. The molecule has 4 rings (SSSR count). The Labute approximate surface area is 180 Å². The minimum atomic E-state index is -4.43. The molecule has 0 unspecified atom stereocenters. The molecule has 32 heavy (non-hydrogen) atoms. The standard InChI is InChI=1S/C22H19F3N4O3/c1-13-2-3-14(10-19(13)29(31)32)11-28-9-8-18-17(12-28)21(30)27-20(26-18)15-4-6-16(7-5-15)22(23,24)25/h2-7,10H,8-9,11-12H2,1H3,(H,26,27,30). The summed E-state index contributed by atoms with van der Waals surface area (Å²) in [5.41, 5.74) is 1.80. The number of nitro benzene ring substituents is 1. The lowest BCUT2D eigenvalue weighted by molar-refractivity contribution is -0.385. The van der Waals surface area contributed by atoms with Crippen molar-refractivity contribution in [2.75, 3.05) is 6.54 Å². The van der Waals surface area contributed by atoms with Crippen LogP contribution in [-0.2, 0) is 25.7 Å². The highest BCUT2D eigenvalue weighted by Gasteiger charge is 2.30. The molecule has 1 aromatic heterocycles. The van der Waals surface area contributed by atoms with Gasteiger partial charge in [0.15, 0.2) is 0 Å². The summed E-state index contributed by atoms with van der Waals surface area (Å²) >= 11 is 0. The van der Waals surface area contributed by atoms with E-state index in [0.717, 1.165) is 17.7 Å². The van der Waals surface area contributed by atoms with Crippen LogP contribution < -0.4 is 5.56 Å². The quantitative estimate of drug-likeness (QED) is 0.480. The molecular weight excluding hydrogens is 425 g/mol. The second-order valence-electron chi connectivity index (χ2n) is 7.75.